The van der Waals surface area contributed by atoms with Crippen LogP contribution in [0.5, 0.6) is 0 Å². The Kier molecular flexibility index (Phi) is 6.41. The Morgan fingerprint density at radius 1 is 1.52 bits per heavy atom. The molecule has 1 fully saturated rings. The van der Waals surface area contributed by atoms with E-state index in [-0.39, 0.29) is 28.9 Å². The van der Waals surface area contributed by atoms with Crippen LogP contribution in [0.2, 0.25) is 0 Å². The number of halogens is 1. The van der Waals surface area contributed by atoms with Crippen molar-refractivity contribution < 1.29 is 14.0 Å². The number of benzene rings is 1. The minimum atomic E-state index is -0.544. The van der Waals surface area contributed by atoms with Crippen LogP contribution in [0.25, 0.3) is 0 Å². The molecule has 0 radical (unpaired) electrons. The molecule has 1 aromatic rings. The molecule has 0 spiro atoms. The maximum absolute atomic E-state index is 13.7. The Hall–Kier alpha value is -1.60. The van der Waals surface area contributed by atoms with Gasteiger partial charge >= 0.3 is 0 Å². The Labute approximate surface area is 139 Å². The zero-order valence-electron chi connectivity index (χ0n) is 13.0. The molecule has 2 amide bonds. The molecule has 0 aromatic heterocycles. The number of carbonyl (C=O) groups is 2. The average Bonchev–Trinajstić information content (AvgIpc) is 2.50. The van der Waals surface area contributed by atoms with Gasteiger partial charge in [0.25, 0.3) is 0 Å². The highest BCUT2D eigenvalue weighted by Crippen LogP contribution is 2.23. The van der Waals surface area contributed by atoms with Gasteiger partial charge in [-0.1, -0.05) is 18.2 Å². The van der Waals surface area contributed by atoms with E-state index >= 15 is 0 Å². The van der Waals surface area contributed by atoms with E-state index in [0.29, 0.717) is 30.7 Å². The van der Waals surface area contributed by atoms with Crippen molar-refractivity contribution in [2.45, 2.75) is 37.1 Å². The first-order chi connectivity index (χ1) is 11.0. The lowest BCUT2D eigenvalue weighted by atomic mass is 10.1. The molecule has 1 saturated heterocycles. The van der Waals surface area contributed by atoms with E-state index in [1.54, 1.807) is 18.2 Å². The average molecular weight is 339 g/mol. The predicted molar refractivity (Wildman–Crippen MR) is 89.6 cm³/mol. The van der Waals surface area contributed by atoms with Crippen molar-refractivity contribution in [1.29, 1.82) is 0 Å². The van der Waals surface area contributed by atoms with Crippen LogP contribution in [0.4, 0.5) is 4.39 Å². The minimum absolute atomic E-state index is 0.0239. The summed E-state index contributed by atoms with van der Waals surface area (Å²) in [5, 5.41) is 5.11. The smallest absolute Gasteiger partial charge is 0.243 e. The molecule has 1 aromatic carbocycles. The van der Waals surface area contributed by atoms with Crippen LogP contribution in [-0.4, -0.2) is 41.4 Å². The van der Waals surface area contributed by atoms with Crippen LogP contribution in [0.15, 0.2) is 24.3 Å². The zero-order chi connectivity index (χ0) is 16.8. The van der Waals surface area contributed by atoms with Gasteiger partial charge < -0.3 is 16.4 Å². The summed E-state index contributed by atoms with van der Waals surface area (Å²) in [6, 6.07) is 5.91. The molecule has 0 saturated carbocycles. The molecule has 1 aliphatic rings. The summed E-state index contributed by atoms with van der Waals surface area (Å²) in [7, 11) is 0. The molecule has 5 nitrogen and oxygen atoms in total. The Balaban J connectivity index is 1.84. The lowest BCUT2D eigenvalue weighted by Gasteiger charge is -2.28. The normalized spacial score (nSPS) is 22.3. The summed E-state index contributed by atoms with van der Waals surface area (Å²) in [5.41, 5.74) is 6.14. The van der Waals surface area contributed by atoms with Crippen LogP contribution in [0.1, 0.15) is 18.9 Å². The van der Waals surface area contributed by atoms with E-state index in [9.17, 15) is 14.0 Å². The predicted octanol–water partition coefficient (Wildman–Crippen LogP) is 0.822. The van der Waals surface area contributed by atoms with Gasteiger partial charge in [-0.15, -0.1) is 11.8 Å². The van der Waals surface area contributed by atoms with E-state index in [1.165, 1.54) is 17.8 Å². The summed E-state index contributed by atoms with van der Waals surface area (Å²) in [6.07, 6.45) is 1.01. The number of rotatable bonds is 6. The van der Waals surface area contributed by atoms with Gasteiger partial charge in [0.2, 0.25) is 11.8 Å². The maximum atomic E-state index is 13.7. The Morgan fingerprint density at radius 2 is 2.26 bits per heavy atom. The summed E-state index contributed by atoms with van der Waals surface area (Å²) >= 11 is 1.39. The van der Waals surface area contributed by atoms with Gasteiger partial charge in [-0.05, 0) is 31.4 Å². The van der Waals surface area contributed by atoms with E-state index in [4.69, 9.17) is 5.73 Å². The first-order valence-corrected chi connectivity index (χ1v) is 8.71. The zero-order valence-corrected chi connectivity index (χ0v) is 13.9. The molecule has 1 aliphatic heterocycles. The molecule has 7 heteroatoms. The van der Waals surface area contributed by atoms with Crippen molar-refractivity contribution >= 4 is 23.6 Å². The number of nitrogens with two attached hydrogens (primary N) is 1. The van der Waals surface area contributed by atoms with Crippen molar-refractivity contribution in [2.24, 2.45) is 5.73 Å². The van der Waals surface area contributed by atoms with Crippen LogP contribution < -0.4 is 16.4 Å². The lowest BCUT2D eigenvalue weighted by molar-refractivity contribution is -0.128. The Bertz CT molecular complexity index is 568. The van der Waals surface area contributed by atoms with Crippen LogP contribution in [0.3, 0.4) is 0 Å². The molecule has 1 heterocycles. The van der Waals surface area contributed by atoms with E-state index in [2.05, 4.69) is 10.6 Å². The van der Waals surface area contributed by atoms with Crippen LogP contribution in [-0.2, 0) is 16.0 Å². The van der Waals surface area contributed by atoms with Crippen molar-refractivity contribution in [3.05, 3.63) is 35.6 Å². The third kappa shape index (κ3) is 5.21. The van der Waals surface area contributed by atoms with Crippen molar-refractivity contribution in [1.82, 2.24) is 10.6 Å². The van der Waals surface area contributed by atoms with E-state index in [1.807, 2.05) is 6.92 Å². The highest BCUT2D eigenvalue weighted by Gasteiger charge is 2.32. The SMILES string of the molecule is CC(N)CCNC(=O)C1CSC(Cc2ccccc2F)C(=O)N1. The summed E-state index contributed by atoms with van der Waals surface area (Å²) < 4.78 is 13.7. The number of hydrogen-bond donors (Lipinski definition) is 3. The molecular formula is C16H22FN3O2S. The number of carbonyl (C=O) groups excluding carboxylic acids is 2. The summed E-state index contributed by atoms with van der Waals surface area (Å²) in [6.45, 7) is 2.36. The highest BCUT2D eigenvalue weighted by molar-refractivity contribution is 8.00. The number of amides is 2. The fourth-order valence-electron chi connectivity index (χ4n) is 2.30. The standard InChI is InChI=1S/C16H22FN3O2S/c1-10(18)6-7-19-15(21)13-9-23-14(16(22)20-13)8-11-4-2-3-5-12(11)17/h2-5,10,13-14H,6-9,18H2,1H3,(H,19,21)(H,20,22). The minimum Gasteiger partial charge on any atom is -0.354 e. The quantitative estimate of drug-likeness (QED) is 0.716. The third-order valence-corrected chi connectivity index (χ3v) is 4.96. The van der Waals surface area contributed by atoms with Gasteiger partial charge in [0, 0.05) is 18.3 Å². The largest absolute Gasteiger partial charge is 0.354 e. The Morgan fingerprint density at radius 3 is 2.91 bits per heavy atom. The molecule has 2 rings (SSSR count). The van der Waals surface area contributed by atoms with Crippen LogP contribution in [0, 0.1) is 5.82 Å². The third-order valence-electron chi connectivity index (χ3n) is 3.65. The second-order valence-electron chi connectivity index (χ2n) is 5.74. The first kappa shape index (κ1) is 17.7. The highest BCUT2D eigenvalue weighted by atomic mass is 32.2. The molecule has 126 valence electrons. The van der Waals surface area contributed by atoms with Crippen LogP contribution >= 0.6 is 11.8 Å². The fourth-order valence-corrected chi connectivity index (χ4v) is 3.47. The monoisotopic (exact) mass is 339 g/mol. The van der Waals surface area contributed by atoms with Gasteiger partial charge in [0.1, 0.15) is 11.9 Å². The second-order valence-corrected chi connectivity index (χ2v) is 6.97. The molecule has 0 bridgehead atoms. The topological polar surface area (TPSA) is 84.2 Å². The van der Waals surface area contributed by atoms with Gasteiger partial charge in [-0.25, -0.2) is 4.39 Å². The maximum Gasteiger partial charge on any atom is 0.243 e. The second kappa shape index (κ2) is 8.31. The summed E-state index contributed by atoms with van der Waals surface area (Å²) in [4.78, 5) is 24.2. The van der Waals surface area contributed by atoms with Gasteiger partial charge in [-0.3, -0.25) is 9.59 Å². The van der Waals surface area contributed by atoms with E-state index in [0.717, 1.165) is 0 Å². The lowest BCUT2D eigenvalue weighted by Crippen LogP contribution is -2.54. The fraction of sp³-hybridized carbons (Fsp3) is 0.500. The summed E-state index contributed by atoms with van der Waals surface area (Å²) in [5.74, 6) is -0.251. The molecular weight excluding hydrogens is 317 g/mol. The number of nitrogens with one attached hydrogen (secondary N) is 2. The van der Waals surface area contributed by atoms with Gasteiger partial charge in [-0.2, -0.15) is 0 Å². The molecule has 3 unspecified atom stereocenters. The molecule has 4 N–H and O–H groups in total. The van der Waals surface area contributed by atoms with Crippen molar-refractivity contribution in [3.8, 4) is 0 Å². The molecule has 3 atom stereocenters. The molecule has 23 heavy (non-hydrogen) atoms. The van der Waals surface area contributed by atoms with Crippen molar-refractivity contribution in [3.63, 3.8) is 0 Å². The number of hydrogen-bond acceptors (Lipinski definition) is 4. The van der Waals surface area contributed by atoms with E-state index < -0.39 is 6.04 Å². The van der Waals surface area contributed by atoms with Crippen molar-refractivity contribution in [2.75, 3.05) is 12.3 Å². The number of thioether (sulfide) groups is 1. The van der Waals surface area contributed by atoms with Gasteiger partial charge in [0.05, 0.1) is 5.25 Å². The van der Waals surface area contributed by atoms with Gasteiger partial charge in [0.15, 0.2) is 0 Å². The first-order valence-electron chi connectivity index (χ1n) is 7.66. The molecule has 0 aliphatic carbocycles.